The molecule has 0 radical (unpaired) electrons. The number of amides is 1. The maximum atomic E-state index is 12.3. The lowest BCUT2D eigenvalue weighted by molar-refractivity contribution is -0.296. The lowest BCUT2D eigenvalue weighted by Gasteiger charge is -2.44. The summed E-state index contributed by atoms with van der Waals surface area (Å²) >= 11 is 0. The molecule has 29 heavy (non-hydrogen) atoms. The predicted molar refractivity (Wildman–Crippen MR) is 97.2 cm³/mol. The van der Waals surface area contributed by atoms with Gasteiger partial charge in [0.25, 0.3) is 0 Å². The monoisotopic (exact) mass is 411 g/mol. The second kappa shape index (κ2) is 10.2. The highest BCUT2D eigenvalue weighted by molar-refractivity contribution is 5.94. The van der Waals surface area contributed by atoms with Gasteiger partial charge in [-0.2, -0.15) is 0 Å². The summed E-state index contributed by atoms with van der Waals surface area (Å²) in [7, 11) is 1.32. The van der Waals surface area contributed by atoms with Gasteiger partial charge in [-0.15, -0.1) is 0 Å². The molecule has 5 atom stereocenters. The van der Waals surface area contributed by atoms with Crippen molar-refractivity contribution in [3.8, 4) is 0 Å². The van der Waals surface area contributed by atoms with E-state index in [1.165, 1.54) is 27.9 Å². The van der Waals surface area contributed by atoms with Gasteiger partial charge in [0.15, 0.2) is 24.6 Å². The zero-order chi connectivity index (χ0) is 21.6. The van der Waals surface area contributed by atoms with E-state index in [0.29, 0.717) is 12.0 Å². The van der Waals surface area contributed by atoms with Gasteiger partial charge in [-0.05, 0) is 6.42 Å². The van der Waals surface area contributed by atoms with E-state index in [1.54, 1.807) is 12.2 Å². The van der Waals surface area contributed by atoms with Crippen LogP contribution >= 0.6 is 0 Å². The van der Waals surface area contributed by atoms with Crippen LogP contribution in [-0.2, 0) is 42.9 Å². The van der Waals surface area contributed by atoms with Gasteiger partial charge in [-0.1, -0.05) is 18.2 Å². The van der Waals surface area contributed by atoms with Crippen molar-refractivity contribution in [2.75, 3.05) is 13.7 Å². The van der Waals surface area contributed by atoms with E-state index in [-0.39, 0.29) is 12.5 Å². The summed E-state index contributed by atoms with van der Waals surface area (Å²) in [6.07, 6.45) is 0.302. The van der Waals surface area contributed by atoms with Gasteiger partial charge >= 0.3 is 17.9 Å². The fourth-order valence-corrected chi connectivity index (χ4v) is 3.13. The Labute approximate surface area is 168 Å². The average Bonchev–Trinajstić information content (AvgIpc) is 3.17. The van der Waals surface area contributed by atoms with Gasteiger partial charge < -0.3 is 29.0 Å². The van der Waals surface area contributed by atoms with Crippen LogP contribution in [0.3, 0.4) is 0 Å². The Kier molecular flexibility index (Phi) is 7.91. The quantitative estimate of drug-likeness (QED) is 0.460. The third-order valence-corrected chi connectivity index (χ3v) is 4.26. The maximum absolute atomic E-state index is 12.3. The average molecular weight is 411 g/mol. The number of ether oxygens (including phenoxy) is 5. The summed E-state index contributed by atoms with van der Waals surface area (Å²) in [6.45, 7) is 3.47. The first-order valence-corrected chi connectivity index (χ1v) is 9.06. The van der Waals surface area contributed by atoms with Crippen LogP contribution in [-0.4, -0.2) is 68.2 Å². The van der Waals surface area contributed by atoms with Gasteiger partial charge in [0.2, 0.25) is 5.91 Å². The summed E-state index contributed by atoms with van der Waals surface area (Å²) < 4.78 is 26.8. The Morgan fingerprint density at radius 2 is 1.59 bits per heavy atom. The molecule has 1 amide bonds. The number of nitrogens with one attached hydrogen (secondary N) is 1. The van der Waals surface area contributed by atoms with Gasteiger partial charge in [0.05, 0.1) is 0 Å². The topological polar surface area (TPSA) is 126 Å². The highest BCUT2D eigenvalue weighted by Gasteiger charge is 2.52. The van der Waals surface area contributed by atoms with E-state index in [9.17, 15) is 19.2 Å². The smallest absolute Gasteiger partial charge is 0.303 e. The number of allylic oxidation sites excluding steroid dienone is 3. The van der Waals surface area contributed by atoms with Crippen molar-refractivity contribution in [2.45, 2.75) is 57.9 Å². The first-order chi connectivity index (χ1) is 13.7. The molecule has 2 aliphatic rings. The van der Waals surface area contributed by atoms with Gasteiger partial charge in [-0.3, -0.25) is 19.2 Å². The first kappa shape index (κ1) is 22.6. The number of carbonyl (C=O) groups is 4. The van der Waals surface area contributed by atoms with Crippen molar-refractivity contribution in [3.63, 3.8) is 0 Å². The number of methoxy groups -OCH3 is 1. The molecule has 1 saturated heterocycles. The highest BCUT2D eigenvalue weighted by atomic mass is 16.7. The molecule has 1 N–H and O–H groups in total. The molecule has 1 fully saturated rings. The molecule has 10 heteroatoms. The molecule has 0 aromatic rings. The van der Waals surface area contributed by atoms with E-state index in [4.69, 9.17) is 23.7 Å². The van der Waals surface area contributed by atoms with Crippen LogP contribution in [0.2, 0.25) is 0 Å². The zero-order valence-corrected chi connectivity index (χ0v) is 16.7. The van der Waals surface area contributed by atoms with Crippen LogP contribution in [0.1, 0.15) is 27.2 Å². The molecule has 0 saturated carbocycles. The summed E-state index contributed by atoms with van der Waals surface area (Å²) in [5.41, 5.74) is 0.572. The molecule has 0 unspecified atom stereocenters. The van der Waals surface area contributed by atoms with Crippen molar-refractivity contribution in [2.24, 2.45) is 0 Å². The minimum absolute atomic E-state index is 0.0570. The van der Waals surface area contributed by atoms with Crippen LogP contribution in [0.4, 0.5) is 0 Å². The molecule has 1 heterocycles. The van der Waals surface area contributed by atoms with Crippen LogP contribution in [0, 0.1) is 0 Å². The van der Waals surface area contributed by atoms with E-state index in [2.05, 4.69) is 5.32 Å². The SMILES string of the molecule is CO[C@@H]1O[C@H](CNC(=O)C2=CC=CC2)[C@@H](OC(C)=O)[C@H](OC(C)=O)[C@H]1OC(C)=O. The van der Waals surface area contributed by atoms with E-state index in [0.717, 1.165) is 0 Å². The normalized spacial score (nSPS) is 28.3. The molecule has 0 aromatic heterocycles. The number of carbonyl (C=O) groups excluding carboxylic acids is 4. The number of hydrogen-bond acceptors (Lipinski definition) is 9. The Bertz CT molecular complexity index is 714. The second-order valence-corrected chi connectivity index (χ2v) is 6.53. The number of hydrogen-bond donors (Lipinski definition) is 1. The van der Waals surface area contributed by atoms with Crippen LogP contribution in [0.25, 0.3) is 0 Å². The molecule has 0 aromatic carbocycles. The molecular formula is C19H25NO9. The fraction of sp³-hybridized carbons (Fsp3) is 0.579. The number of rotatable bonds is 7. The van der Waals surface area contributed by atoms with Crippen molar-refractivity contribution >= 4 is 23.8 Å². The standard InChI is InChI=1S/C19H25NO9/c1-10(21)26-15-14(9-20-18(24)13-7-5-6-8-13)29-19(25-4)17(28-12(3)23)16(15)27-11(2)22/h5-7,14-17,19H,8-9H2,1-4H3,(H,20,24)/t14-,15-,16+,17-,19-/m1/s1. The van der Waals surface area contributed by atoms with E-state index in [1.807, 2.05) is 6.08 Å². The van der Waals surface area contributed by atoms with Crippen molar-refractivity contribution < 1.29 is 42.9 Å². The minimum atomic E-state index is -1.19. The molecular weight excluding hydrogens is 386 g/mol. The summed E-state index contributed by atoms with van der Waals surface area (Å²) in [5, 5.41) is 2.70. The molecule has 0 bridgehead atoms. The maximum Gasteiger partial charge on any atom is 0.303 e. The minimum Gasteiger partial charge on any atom is -0.456 e. The van der Waals surface area contributed by atoms with Crippen molar-refractivity contribution in [1.82, 2.24) is 5.32 Å². The lowest BCUT2D eigenvalue weighted by Crippen LogP contribution is -2.63. The van der Waals surface area contributed by atoms with Crippen molar-refractivity contribution in [3.05, 3.63) is 23.8 Å². The molecule has 160 valence electrons. The Morgan fingerprint density at radius 1 is 1.00 bits per heavy atom. The number of esters is 3. The highest BCUT2D eigenvalue weighted by Crippen LogP contribution is 2.29. The van der Waals surface area contributed by atoms with Gasteiger partial charge in [0, 0.05) is 40.0 Å². The second-order valence-electron chi connectivity index (χ2n) is 6.53. The molecule has 1 aliphatic carbocycles. The fourth-order valence-electron chi connectivity index (χ4n) is 3.13. The van der Waals surface area contributed by atoms with Crippen LogP contribution < -0.4 is 5.32 Å². The van der Waals surface area contributed by atoms with Gasteiger partial charge in [0.1, 0.15) is 6.10 Å². The van der Waals surface area contributed by atoms with Gasteiger partial charge in [-0.25, -0.2) is 0 Å². The summed E-state index contributed by atoms with van der Waals surface area (Å²) in [5.74, 6) is -2.30. The third kappa shape index (κ3) is 6.13. The zero-order valence-electron chi connectivity index (χ0n) is 16.7. The molecule has 2 rings (SSSR count). The summed E-state index contributed by atoms with van der Waals surface area (Å²) in [4.78, 5) is 47.1. The Hall–Kier alpha value is -2.72. The van der Waals surface area contributed by atoms with Crippen LogP contribution in [0.15, 0.2) is 23.8 Å². The summed E-state index contributed by atoms with van der Waals surface area (Å²) in [6, 6.07) is 0. The Balaban J connectivity index is 2.24. The first-order valence-electron chi connectivity index (χ1n) is 9.06. The Morgan fingerprint density at radius 3 is 2.10 bits per heavy atom. The predicted octanol–water partition coefficient (Wildman–Crippen LogP) is 0.155. The van der Waals surface area contributed by atoms with Crippen LogP contribution in [0.5, 0.6) is 0 Å². The third-order valence-electron chi connectivity index (χ3n) is 4.26. The molecule has 10 nitrogen and oxygen atoms in total. The molecule has 1 aliphatic heterocycles. The van der Waals surface area contributed by atoms with E-state index < -0.39 is 48.6 Å². The molecule has 0 spiro atoms. The lowest BCUT2D eigenvalue weighted by atomic mass is 9.97. The van der Waals surface area contributed by atoms with E-state index >= 15 is 0 Å². The van der Waals surface area contributed by atoms with Crippen molar-refractivity contribution in [1.29, 1.82) is 0 Å². The largest absolute Gasteiger partial charge is 0.456 e.